The van der Waals surface area contributed by atoms with Crippen LogP contribution in [0.1, 0.15) is 44.3 Å². The smallest absolute Gasteiger partial charge is 0.167 e. The van der Waals surface area contributed by atoms with Crippen molar-refractivity contribution in [2.24, 2.45) is 0 Å². The van der Waals surface area contributed by atoms with E-state index >= 15 is 0 Å². The Balaban J connectivity index is 1.62. The van der Waals surface area contributed by atoms with E-state index in [1.807, 2.05) is 13.8 Å². The molecule has 2 N–H and O–H groups in total. The maximum absolute atomic E-state index is 10.6. The minimum Gasteiger partial charge on any atom is -0.386 e. The first kappa shape index (κ1) is 11.9. The molecule has 3 aromatic heterocycles. The highest BCUT2D eigenvalue weighted by Gasteiger charge is 2.16. The summed E-state index contributed by atoms with van der Waals surface area (Å²) in [5.41, 5.74) is -0.526. The Kier molecular flexibility index (Phi) is 2.88. The van der Waals surface area contributed by atoms with Gasteiger partial charge in [0.2, 0.25) is 0 Å². The van der Waals surface area contributed by atoms with Gasteiger partial charge in [0.05, 0.1) is 22.2 Å². The summed E-state index contributed by atoms with van der Waals surface area (Å²) in [6.07, 6.45) is 1.70. The molecule has 4 aromatic rings. The molecule has 4 rings (SSSR count). The zero-order valence-corrected chi connectivity index (χ0v) is 15.6. The second-order valence-corrected chi connectivity index (χ2v) is 7.39. The van der Waals surface area contributed by atoms with Gasteiger partial charge in [0.1, 0.15) is 4.83 Å². The first-order chi connectivity index (χ1) is 15.3. The number of fused-ring (bicyclic) bond motifs is 3. The summed E-state index contributed by atoms with van der Waals surface area (Å²) in [5, 5.41) is 32.5. The van der Waals surface area contributed by atoms with E-state index in [4.69, 9.17) is 8.22 Å². The largest absolute Gasteiger partial charge is 0.386 e. The van der Waals surface area contributed by atoms with Gasteiger partial charge in [0.15, 0.2) is 5.82 Å². The molecule has 138 valence electrons. The predicted molar refractivity (Wildman–Crippen MR) is 109 cm³/mol. The van der Waals surface area contributed by atoms with E-state index in [2.05, 4.69) is 25.7 Å². The summed E-state index contributed by atoms with van der Waals surface area (Å²) >= 11 is 1.46. The second kappa shape index (κ2) is 6.51. The highest BCUT2D eigenvalue weighted by atomic mass is 32.1. The van der Waals surface area contributed by atoms with E-state index in [-0.39, 0.29) is 5.56 Å². The molecular formula is C20H21N5OS. The fourth-order valence-electron chi connectivity index (χ4n) is 2.89. The van der Waals surface area contributed by atoms with Gasteiger partial charge in [-0.1, -0.05) is 24.3 Å². The summed E-state index contributed by atoms with van der Waals surface area (Å²) in [4.78, 5) is 0.795. The molecule has 1 aromatic carbocycles. The van der Waals surface area contributed by atoms with Crippen LogP contribution in [0.2, 0.25) is 0 Å². The Morgan fingerprint density at radius 1 is 1.15 bits per heavy atom. The van der Waals surface area contributed by atoms with Crippen LogP contribution in [-0.2, 0) is 12.1 Å². The average Bonchev–Trinajstić information content (AvgIpc) is 3.13. The third-order valence-corrected chi connectivity index (χ3v) is 5.62. The number of hydrogen-bond donors (Lipinski definition) is 2. The lowest BCUT2D eigenvalue weighted by atomic mass is 9.97. The summed E-state index contributed by atoms with van der Waals surface area (Å²) in [6, 6.07) is 5.79. The van der Waals surface area contributed by atoms with Crippen LogP contribution in [0.15, 0.2) is 30.5 Å². The van der Waals surface area contributed by atoms with Crippen LogP contribution in [0.3, 0.4) is 0 Å². The van der Waals surface area contributed by atoms with Crippen molar-refractivity contribution in [1.29, 1.82) is 0 Å². The zero-order valence-electron chi connectivity index (χ0n) is 20.7. The normalized spacial score (nSPS) is 16.3. The Bertz CT molecular complexity index is 1320. The van der Waals surface area contributed by atoms with Gasteiger partial charge in [-0.05, 0) is 44.2 Å². The number of hydrogen-bond acceptors (Lipinski definition) is 7. The topological polar surface area (TPSA) is 83.8 Å². The van der Waals surface area contributed by atoms with Gasteiger partial charge >= 0.3 is 0 Å². The minimum atomic E-state index is -3.12. The zero-order chi connectivity index (χ0) is 24.2. The van der Waals surface area contributed by atoms with Gasteiger partial charge in [0, 0.05) is 25.5 Å². The maximum atomic E-state index is 10.6. The SMILES string of the molecule is [2H]C([2H])([2H])C(O)(c1ccc(CNc2nncc3c2sc2nnc(C)c(C)c23)cc1)C([2H])([2H])[2H]. The molecule has 0 bridgehead atoms. The van der Waals surface area contributed by atoms with Gasteiger partial charge in [-0.25, -0.2) is 0 Å². The standard InChI is InChI=1S/C20H21N5OS/c1-11-12(2)23-25-19-16(11)15-10-22-24-18(17(15)27-19)21-9-13-5-7-14(8-6-13)20(3,4)26/h5-8,10,26H,9H2,1-4H3,(H,21,24)/i3D3,4D3. The van der Waals surface area contributed by atoms with Gasteiger partial charge in [-0.2, -0.15) is 10.2 Å². The second-order valence-electron chi connectivity index (χ2n) is 6.39. The van der Waals surface area contributed by atoms with E-state index in [9.17, 15) is 5.11 Å². The molecule has 0 aliphatic rings. The average molecular weight is 386 g/mol. The highest BCUT2D eigenvalue weighted by molar-refractivity contribution is 7.26. The van der Waals surface area contributed by atoms with E-state index < -0.39 is 19.3 Å². The lowest BCUT2D eigenvalue weighted by molar-refractivity contribution is 0.0786. The van der Waals surface area contributed by atoms with Crippen molar-refractivity contribution < 1.29 is 13.3 Å². The van der Waals surface area contributed by atoms with Crippen molar-refractivity contribution in [1.82, 2.24) is 20.4 Å². The van der Waals surface area contributed by atoms with Crippen LogP contribution in [0, 0.1) is 13.8 Å². The maximum Gasteiger partial charge on any atom is 0.167 e. The Hall–Kier alpha value is -2.64. The molecule has 0 spiro atoms. The van der Waals surface area contributed by atoms with Crippen molar-refractivity contribution in [3.63, 3.8) is 0 Å². The molecule has 0 fully saturated rings. The number of benzene rings is 1. The van der Waals surface area contributed by atoms with Crippen LogP contribution >= 0.6 is 11.3 Å². The van der Waals surface area contributed by atoms with Crippen molar-refractivity contribution in [2.45, 2.75) is 39.7 Å². The molecule has 0 aliphatic heterocycles. The van der Waals surface area contributed by atoms with E-state index in [1.165, 1.54) is 23.5 Å². The third-order valence-electron chi connectivity index (χ3n) is 4.53. The first-order valence-corrected chi connectivity index (χ1v) is 9.09. The number of nitrogens with zero attached hydrogens (tertiary/aromatic N) is 4. The molecule has 0 aliphatic carbocycles. The summed E-state index contributed by atoms with van der Waals surface area (Å²) in [5.74, 6) is 0.568. The molecule has 0 atom stereocenters. The van der Waals surface area contributed by atoms with Gasteiger partial charge < -0.3 is 10.4 Å². The fraction of sp³-hybridized carbons (Fsp3) is 0.300. The molecule has 27 heavy (non-hydrogen) atoms. The molecular weight excluding hydrogens is 358 g/mol. The Morgan fingerprint density at radius 2 is 1.93 bits per heavy atom. The number of thiophene rings is 1. The quantitative estimate of drug-likeness (QED) is 0.550. The Morgan fingerprint density at radius 3 is 2.67 bits per heavy atom. The summed E-state index contributed by atoms with van der Waals surface area (Å²) in [7, 11) is 0. The van der Waals surface area contributed by atoms with Gasteiger partial charge in [-0.3, -0.25) is 0 Å². The molecule has 6 nitrogen and oxygen atoms in total. The monoisotopic (exact) mass is 385 g/mol. The van der Waals surface area contributed by atoms with Crippen LogP contribution in [-0.4, -0.2) is 25.5 Å². The van der Waals surface area contributed by atoms with Crippen LogP contribution < -0.4 is 5.32 Å². The van der Waals surface area contributed by atoms with Crippen molar-refractivity contribution in [3.05, 3.63) is 52.8 Å². The molecule has 3 heterocycles. The molecule has 0 amide bonds. The summed E-state index contributed by atoms with van der Waals surface area (Å²) in [6.45, 7) is -2.02. The molecule has 0 saturated carbocycles. The van der Waals surface area contributed by atoms with E-state index in [0.717, 1.165) is 37.1 Å². The fourth-order valence-corrected chi connectivity index (χ4v) is 4.01. The number of aromatic nitrogens is 4. The number of aliphatic hydroxyl groups is 1. The third kappa shape index (κ3) is 3.24. The lowest BCUT2D eigenvalue weighted by Gasteiger charge is -2.18. The van der Waals surface area contributed by atoms with E-state index in [0.29, 0.717) is 12.4 Å². The predicted octanol–water partition coefficient (Wildman–Crippen LogP) is 4.09. The number of anilines is 1. The molecule has 0 saturated heterocycles. The van der Waals surface area contributed by atoms with Crippen molar-refractivity contribution in [2.75, 3.05) is 5.32 Å². The van der Waals surface area contributed by atoms with E-state index in [1.54, 1.807) is 18.3 Å². The number of aryl methyl sites for hydroxylation is 2. The van der Waals surface area contributed by atoms with Crippen molar-refractivity contribution >= 4 is 37.5 Å². The lowest BCUT2D eigenvalue weighted by Crippen LogP contribution is -2.15. The van der Waals surface area contributed by atoms with Crippen molar-refractivity contribution in [3.8, 4) is 0 Å². The van der Waals surface area contributed by atoms with Crippen LogP contribution in [0.4, 0.5) is 5.82 Å². The summed E-state index contributed by atoms with van der Waals surface area (Å²) < 4.78 is 46.3. The van der Waals surface area contributed by atoms with Gasteiger partial charge in [0.25, 0.3) is 0 Å². The van der Waals surface area contributed by atoms with Gasteiger partial charge in [-0.15, -0.1) is 21.5 Å². The first-order valence-electron chi connectivity index (χ1n) is 11.3. The van der Waals surface area contributed by atoms with Crippen LogP contribution in [0.25, 0.3) is 20.3 Å². The molecule has 0 unspecified atom stereocenters. The van der Waals surface area contributed by atoms with Crippen LogP contribution in [0.5, 0.6) is 0 Å². The highest BCUT2D eigenvalue weighted by Crippen LogP contribution is 2.37. The molecule has 0 radical (unpaired) electrons. The molecule has 7 heteroatoms. The minimum absolute atomic E-state index is 0.193. The number of nitrogens with one attached hydrogen (secondary N) is 1. The Labute approximate surface area is 169 Å². The number of rotatable bonds is 4.